The van der Waals surface area contributed by atoms with Crippen LogP contribution in [0, 0.1) is 23.2 Å². The van der Waals surface area contributed by atoms with Crippen molar-refractivity contribution in [3.63, 3.8) is 0 Å². The zero-order valence-electron chi connectivity index (χ0n) is 8.72. The average Bonchev–Trinajstić information content (AvgIpc) is 2.03. The Kier molecular flexibility index (Phi) is 1.65. The maximum absolute atomic E-state index is 2.45. The normalized spacial score (nSPS) is 47.3. The fraction of sp³-hybridized carbons (Fsp3) is 0.833. The molecule has 3 aliphatic carbocycles. The number of rotatable bonds is 0. The molecule has 3 atom stereocenters. The van der Waals surface area contributed by atoms with Crippen molar-refractivity contribution in [1.29, 1.82) is 0 Å². The lowest BCUT2D eigenvalue weighted by Crippen LogP contribution is -2.51. The van der Waals surface area contributed by atoms with Gasteiger partial charge >= 0.3 is 0 Å². The lowest BCUT2D eigenvalue weighted by atomic mass is 9.45. The van der Waals surface area contributed by atoms with Crippen LogP contribution in [0.4, 0.5) is 0 Å². The lowest BCUT2D eigenvalue weighted by Gasteiger charge is -2.60. The van der Waals surface area contributed by atoms with Gasteiger partial charge in [-0.2, -0.15) is 0 Å². The molecular formula is C12H20. The van der Waals surface area contributed by atoms with Crippen molar-refractivity contribution >= 4 is 0 Å². The Bertz CT molecular complexity index is 222. The van der Waals surface area contributed by atoms with E-state index in [9.17, 15) is 0 Å². The van der Waals surface area contributed by atoms with Crippen LogP contribution in [0.15, 0.2) is 11.6 Å². The molecule has 3 rings (SSSR count). The first-order valence-corrected chi connectivity index (χ1v) is 5.23. The number of hydrogen-bond acceptors (Lipinski definition) is 0. The molecule has 68 valence electrons. The Morgan fingerprint density at radius 1 is 1.33 bits per heavy atom. The van der Waals surface area contributed by atoms with Crippen LogP contribution in [0.2, 0.25) is 0 Å². The van der Waals surface area contributed by atoms with E-state index in [1.807, 2.05) is 0 Å². The molecule has 0 amide bonds. The molecule has 0 radical (unpaired) electrons. The molecule has 0 aliphatic heterocycles. The van der Waals surface area contributed by atoms with Gasteiger partial charge in [-0.15, -0.1) is 0 Å². The second-order valence-corrected chi connectivity index (χ2v) is 5.23. The molecule has 0 nitrogen and oxygen atoms in total. The van der Waals surface area contributed by atoms with Crippen LogP contribution in [0.1, 0.15) is 40.5 Å². The van der Waals surface area contributed by atoms with Crippen molar-refractivity contribution in [3.05, 3.63) is 11.6 Å². The highest BCUT2D eigenvalue weighted by molar-refractivity contribution is 5.23. The maximum atomic E-state index is 2.45. The fourth-order valence-corrected chi connectivity index (χ4v) is 3.37. The number of allylic oxidation sites excluding steroid dienone is 2. The van der Waals surface area contributed by atoms with Crippen LogP contribution in [-0.2, 0) is 0 Å². The quantitative estimate of drug-likeness (QED) is 0.479. The summed E-state index contributed by atoms with van der Waals surface area (Å²) >= 11 is 0. The summed E-state index contributed by atoms with van der Waals surface area (Å²) in [7, 11) is 0. The summed E-state index contributed by atoms with van der Waals surface area (Å²) in [6, 6.07) is 0. The molecule has 3 aliphatic rings. The van der Waals surface area contributed by atoms with Gasteiger partial charge in [0, 0.05) is 0 Å². The van der Waals surface area contributed by atoms with Gasteiger partial charge < -0.3 is 0 Å². The summed E-state index contributed by atoms with van der Waals surface area (Å²) < 4.78 is 0. The van der Waals surface area contributed by atoms with Crippen LogP contribution in [0.25, 0.3) is 0 Å². The molecule has 3 saturated carbocycles. The summed E-state index contributed by atoms with van der Waals surface area (Å²) in [5.41, 5.74) is 2.36. The van der Waals surface area contributed by atoms with Crippen LogP contribution >= 0.6 is 0 Å². The third kappa shape index (κ3) is 0.841. The van der Waals surface area contributed by atoms with Gasteiger partial charge in [-0.25, -0.2) is 0 Å². The van der Waals surface area contributed by atoms with Crippen molar-refractivity contribution in [3.8, 4) is 0 Å². The molecule has 2 bridgehead atoms. The predicted molar refractivity (Wildman–Crippen MR) is 52.9 cm³/mol. The van der Waals surface area contributed by atoms with Gasteiger partial charge in [0.1, 0.15) is 0 Å². The highest BCUT2D eigenvalue weighted by atomic mass is 14.6. The summed E-state index contributed by atoms with van der Waals surface area (Å²) in [6.07, 6.45) is 5.27. The molecule has 12 heavy (non-hydrogen) atoms. The van der Waals surface area contributed by atoms with E-state index < -0.39 is 0 Å². The Hall–Kier alpha value is -0.260. The molecule has 0 aromatic heterocycles. The molecule has 0 spiro atoms. The highest BCUT2D eigenvalue weighted by Gasteiger charge is 2.53. The molecular weight excluding hydrogens is 144 g/mol. The zero-order chi connectivity index (χ0) is 8.93. The van der Waals surface area contributed by atoms with Gasteiger partial charge in [-0.05, 0) is 42.9 Å². The minimum absolute atomic E-state index is 0.619. The summed E-state index contributed by atoms with van der Waals surface area (Å²) in [4.78, 5) is 0. The summed E-state index contributed by atoms with van der Waals surface area (Å²) in [6.45, 7) is 9.49. The van der Waals surface area contributed by atoms with E-state index in [2.05, 4.69) is 33.8 Å². The second kappa shape index (κ2) is 2.37. The van der Waals surface area contributed by atoms with E-state index in [0.717, 1.165) is 17.8 Å². The Balaban J connectivity index is 2.27. The predicted octanol–water partition coefficient (Wildman–Crippen LogP) is 3.63. The molecule has 0 aromatic carbocycles. The van der Waals surface area contributed by atoms with Crippen LogP contribution in [0.3, 0.4) is 0 Å². The van der Waals surface area contributed by atoms with Gasteiger partial charge in [0.05, 0.1) is 0 Å². The van der Waals surface area contributed by atoms with Crippen molar-refractivity contribution in [2.45, 2.75) is 40.5 Å². The molecule has 0 heteroatoms. The van der Waals surface area contributed by atoms with Gasteiger partial charge in [0.2, 0.25) is 0 Å². The summed E-state index contributed by atoms with van der Waals surface area (Å²) in [5, 5.41) is 0. The monoisotopic (exact) mass is 164 g/mol. The Morgan fingerprint density at radius 3 is 2.42 bits per heavy atom. The van der Waals surface area contributed by atoms with Crippen LogP contribution in [-0.4, -0.2) is 0 Å². The highest BCUT2D eigenvalue weighted by Crippen LogP contribution is 2.62. The lowest BCUT2D eigenvalue weighted by molar-refractivity contribution is -0.0444. The largest absolute Gasteiger partial charge is 0.0879 e. The van der Waals surface area contributed by atoms with Crippen LogP contribution < -0.4 is 0 Å². The van der Waals surface area contributed by atoms with Crippen molar-refractivity contribution in [2.75, 3.05) is 0 Å². The summed E-state index contributed by atoms with van der Waals surface area (Å²) in [5.74, 6) is 2.80. The van der Waals surface area contributed by atoms with E-state index in [0.29, 0.717) is 5.41 Å². The zero-order valence-corrected chi connectivity index (χ0v) is 8.72. The van der Waals surface area contributed by atoms with Gasteiger partial charge in [0.15, 0.2) is 0 Å². The number of fused-ring (bicyclic) bond motifs is 2. The maximum Gasteiger partial charge on any atom is -0.0144 e. The molecule has 0 saturated heterocycles. The fourth-order valence-electron chi connectivity index (χ4n) is 3.37. The van der Waals surface area contributed by atoms with E-state index in [1.54, 1.807) is 5.57 Å². The first-order valence-electron chi connectivity index (χ1n) is 5.23. The molecule has 0 heterocycles. The second-order valence-electron chi connectivity index (χ2n) is 5.23. The third-order valence-corrected chi connectivity index (χ3v) is 4.41. The first kappa shape index (κ1) is 8.34. The number of hydrogen-bond donors (Lipinski definition) is 0. The molecule has 0 N–H and O–H groups in total. The topological polar surface area (TPSA) is 0 Å². The Labute approximate surface area is 76.1 Å². The van der Waals surface area contributed by atoms with E-state index in [1.165, 1.54) is 12.8 Å². The average molecular weight is 164 g/mol. The van der Waals surface area contributed by atoms with E-state index in [4.69, 9.17) is 0 Å². The van der Waals surface area contributed by atoms with Gasteiger partial charge in [0.25, 0.3) is 0 Å². The minimum atomic E-state index is 0.619. The molecule has 0 aromatic rings. The van der Waals surface area contributed by atoms with Crippen LogP contribution in [0.5, 0.6) is 0 Å². The standard InChI is InChI=1S/C12H20/c1-5-10-8(2)6-9-7-11(10)12(9,3)4/h5,8-9,11H,6-7H2,1-4H3/b10-5+. The molecule has 3 unspecified atom stereocenters. The first-order chi connectivity index (χ1) is 5.57. The Morgan fingerprint density at radius 2 is 2.00 bits per heavy atom. The van der Waals surface area contributed by atoms with Gasteiger partial charge in [-0.1, -0.05) is 32.4 Å². The molecule has 3 fully saturated rings. The van der Waals surface area contributed by atoms with Crippen molar-refractivity contribution < 1.29 is 0 Å². The van der Waals surface area contributed by atoms with Crippen molar-refractivity contribution in [1.82, 2.24) is 0 Å². The smallest absolute Gasteiger partial charge is 0.0144 e. The SMILES string of the molecule is C/C=C1\C(C)CC2CC1C2(C)C. The van der Waals surface area contributed by atoms with Crippen molar-refractivity contribution in [2.24, 2.45) is 23.2 Å². The third-order valence-electron chi connectivity index (χ3n) is 4.41. The van der Waals surface area contributed by atoms with Gasteiger partial charge in [-0.3, -0.25) is 0 Å². The van der Waals surface area contributed by atoms with E-state index >= 15 is 0 Å². The van der Waals surface area contributed by atoms with E-state index in [-0.39, 0.29) is 0 Å². The minimum Gasteiger partial charge on any atom is -0.0879 e.